The summed E-state index contributed by atoms with van der Waals surface area (Å²) in [6, 6.07) is 7.86. The summed E-state index contributed by atoms with van der Waals surface area (Å²) in [6.07, 6.45) is 1.31. The van der Waals surface area contributed by atoms with Gasteiger partial charge in [0.25, 0.3) is 0 Å². The van der Waals surface area contributed by atoms with Gasteiger partial charge in [0.15, 0.2) is 0 Å². The molecule has 0 aliphatic carbocycles. The molecule has 1 aromatic rings. The topological polar surface area (TPSA) is 62.6 Å². The second-order valence-electron chi connectivity index (χ2n) is 4.86. The minimum atomic E-state index is 0.452. The number of hydrogen-bond donors (Lipinski definition) is 0. The molecule has 0 unspecified atom stereocenters. The van der Waals surface area contributed by atoms with Crippen LogP contribution in [-0.4, -0.2) is 45.8 Å². The van der Waals surface area contributed by atoms with Crippen LogP contribution >= 0.6 is 0 Å². The molecule has 0 aromatic heterocycles. The molecule has 0 heterocycles. The van der Waals surface area contributed by atoms with Crippen molar-refractivity contribution in [2.24, 2.45) is 0 Å². The van der Waals surface area contributed by atoms with Crippen LogP contribution in [0.2, 0.25) is 0 Å². The van der Waals surface area contributed by atoms with Gasteiger partial charge in [0.2, 0.25) is 0 Å². The minimum Gasteiger partial charge on any atom is -0.379 e. The molecular formula is C17H24N2O3. The van der Waals surface area contributed by atoms with Crippen LogP contribution < -0.4 is 4.90 Å². The third-order valence-corrected chi connectivity index (χ3v) is 3.32. The lowest BCUT2D eigenvalue weighted by Gasteiger charge is -2.24. The Bertz CT molecular complexity index is 497. The van der Waals surface area contributed by atoms with Gasteiger partial charge in [-0.3, -0.25) is 4.79 Å². The van der Waals surface area contributed by atoms with E-state index in [2.05, 4.69) is 11.0 Å². The largest absolute Gasteiger partial charge is 0.379 e. The summed E-state index contributed by atoms with van der Waals surface area (Å²) in [4.78, 5) is 13.0. The average molecular weight is 304 g/mol. The van der Waals surface area contributed by atoms with E-state index in [0.29, 0.717) is 51.5 Å². The fourth-order valence-electron chi connectivity index (χ4n) is 2.08. The first-order valence-electron chi connectivity index (χ1n) is 7.56. The Morgan fingerprint density at radius 2 is 2.00 bits per heavy atom. The lowest BCUT2D eigenvalue weighted by atomic mass is 10.1. The molecule has 0 aliphatic rings. The molecule has 0 atom stereocenters. The second-order valence-corrected chi connectivity index (χ2v) is 4.86. The van der Waals surface area contributed by atoms with Crippen molar-refractivity contribution in [1.82, 2.24) is 0 Å². The molecule has 0 saturated carbocycles. The van der Waals surface area contributed by atoms with Gasteiger partial charge in [0.05, 0.1) is 32.3 Å². The molecule has 0 radical (unpaired) electrons. The Morgan fingerprint density at radius 1 is 1.23 bits per heavy atom. The Kier molecular flexibility index (Phi) is 8.89. The highest BCUT2D eigenvalue weighted by Gasteiger charge is 2.08. The number of nitrogens with zero attached hydrogens (tertiary/aromatic N) is 2. The van der Waals surface area contributed by atoms with E-state index >= 15 is 0 Å². The summed E-state index contributed by atoms with van der Waals surface area (Å²) in [6.45, 7) is 7.65. The number of carbonyl (C=O) groups is 1. The van der Waals surface area contributed by atoms with Crippen LogP contribution in [0.5, 0.6) is 0 Å². The molecule has 0 saturated heterocycles. The van der Waals surface area contributed by atoms with E-state index in [1.807, 2.05) is 32.0 Å². The van der Waals surface area contributed by atoms with Crippen molar-refractivity contribution in [3.63, 3.8) is 0 Å². The van der Waals surface area contributed by atoms with Gasteiger partial charge in [-0.2, -0.15) is 5.26 Å². The summed E-state index contributed by atoms with van der Waals surface area (Å²) in [5.41, 5.74) is 2.63. The molecule has 5 heteroatoms. The molecule has 120 valence electrons. The van der Waals surface area contributed by atoms with E-state index in [-0.39, 0.29) is 0 Å². The zero-order valence-corrected chi connectivity index (χ0v) is 13.4. The van der Waals surface area contributed by atoms with Crippen LogP contribution in [0.1, 0.15) is 29.3 Å². The van der Waals surface area contributed by atoms with Crippen molar-refractivity contribution in [3.05, 3.63) is 29.3 Å². The maximum atomic E-state index is 10.9. The third-order valence-electron chi connectivity index (χ3n) is 3.32. The summed E-state index contributed by atoms with van der Waals surface area (Å²) in [7, 11) is 0. The molecule has 0 bridgehead atoms. The number of rotatable bonds is 11. The third kappa shape index (κ3) is 6.25. The Hall–Kier alpha value is -1.90. The molecule has 0 aliphatic heterocycles. The average Bonchev–Trinajstić information content (AvgIpc) is 2.53. The van der Waals surface area contributed by atoms with Crippen molar-refractivity contribution >= 4 is 12.0 Å². The number of anilines is 1. The summed E-state index contributed by atoms with van der Waals surface area (Å²) >= 11 is 0. The standard InChI is InChI=1S/C17H24N2O3/c1-3-21-11-12-22-10-9-19(8-4-7-18)17-6-5-16(14-20)15(2)13-17/h5-6,13-14H,3-4,8-12H2,1-2H3. The van der Waals surface area contributed by atoms with E-state index in [0.717, 1.165) is 17.5 Å². The Morgan fingerprint density at radius 3 is 2.64 bits per heavy atom. The lowest BCUT2D eigenvalue weighted by molar-refractivity contribution is 0.0556. The molecule has 0 amide bonds. The SMILES string of the molecule is CCOCCOCCN(CCC#N)c1ccc(C=O)c(C)c1. The normalized spacial score (nSPS) is 10.2. The van der Waals surface area contributed by atoms with E-state index < -0.39 is 0 Å². The predicted octanol–water partition coefficient (Wildman–Crippen LogP) is 2.58. The van der Waals surface area contributed by atoms with Gasteiger partial charge >= 0.3 is 0 Å². The molecule has 0 spiro atoms. The first-order valence-corrected chi connectivity index (χ1v) is 7.56. The van der Waals surface area contributed by atoms with Crippen LogP contribution in [0, 0.1) is 18.3 Å². The zero-order valence-electron chi connectivity index (χ0n) is 13.4. The van der Waals surface area contributed by atoms with Gasteiger partial charge < -0.3 is 14.4 Å². The molecule has 1 aromatic carbocycles. The Labute approximate surface area is 132 Å². The molecular weight excluding hydrogens is 280 g/mol. The second kappa shape index (κ2) is 10.8. The van der Waals surface area contributed by atoms with Gasteiger partial charge in [-0.05, 0) is 37.6 Å². The molecule has 5 nitrogen and oxygen atoms in total. The Balaban J connectivity index is 2.58. The van der Waals surface area contributed by atoms with Crippen molar-refractivity contribution in [2.75, 3.05) is 44.4 Å². The van der Waals surface area contributed by atoms with Crippen LogP contribution in [0.15, 0.2) is 18.2 Å². The number of carbonyl (C=O) groups excluding carboxylic acids is 1. The first-order chi connectivity index (χ1) is 10.7. The van der Waals surface area contributed by atoms with Crippen molar-refractivity contribution < 1.29 is 14.3 Å². The van der Waals surface area contributed by atoms with Gasteiger partial charge in [0, 0.05) is 30.9 Å². The van der Waals surface area contributed by atoms with Gasteiger partial charge in [-0.1, -0.05) is 0 Å². The molecule has 0 N–H and O–H groups in total. The van der Waals surface area contributed by atoms with E-state index in [1.165, 1.54) is 0 Å². The minimum absolute atomic E-state index is 0.452. The monoisotopic (exact) mass is 304 g/mol. The van der Waals surface area contributed by atoms with Gasteiger partial charge in [0.1, 0.15) is 6.29 Å². The number of ether oxygens (including phenoxy) is 2. The van der Waals surface area contributed by atoms with Gasteiger partial charge in [-0.15, -0.1) is 0 Å². The van der Waals surface area contributed by atoms with E-state index in [1.54, 1.807) is 0 Å². The highest BCUT2D eigenvalue weighted by Crippen LogP contribution is 2.18. The van der Waals surface area contributed by atoms with Crippen molar-refractivity contribution in [3.8, 4) is 6.07 Å². The van der Waals surface area contributed by atoms with Crippen LogP contribution in [-0.2, 0) is 9.47 Å². The number of aryl methyl sites for hydroxylation is 1. The lowest BCUT2D eigenvalue weighted by Crippen LogP contribution is -2.29. The number of aldehydes is 1. The summed E-state index contributed by atoms with van der Waals surface area (Å²) in [5, 5.41) is 8.80. The summed E-state index contributed by atoms with van der Waals surface area (Å²) < 4.78 is 10.8. The van der Waals surface area contributed by atoms with E-state index in [4.69, 9.17) is 14.7 Å². The highest BCUT2D eigenvalue weighted by atomic mass is 16.5. The smallest absolute Gasteiger partial charge is 0.150 e. The number of hydrogen-bond acceptors (Lipinski definition) is 5. The maximum Gasteiger partial charge on any atom is 0.150 e. The zero-order chi connectivity index (χ0) is 16.2. The predicted molar refractivity (Wildman–Crippen MR) is 86.3 cm³/mol. The molecule has 22 heavy (non-hydrogen) atoms. The van der Waals surface area contributed by atoms with E-state index in [9.17, 15) is 4.79 Å². The van der Waals surface area contributed by atoms with Crippen LogP contribution in [0.25, 0.3) is 0 Å². The fourth-order valence-corrected chi connectivity index (χ4v) is 2.08. The number of nitriles is 1. The van der Waals surface area contributed by atoms with Gasteiger partial charge in [-0.25, -0.2) is 0 Å². The maximum absolute atomic E-state index is 10.9. The van der Waals surface area contributed by atoms with Crippen molar-refractivity contribution in [1.29, 1.82) is 5.26 Å². The first kappa shape index (κ1) is 18.1. The molecule has 1 rings (SSSR count). The summed E-state index contributed by atoms with van der Waals surface area (Å²) in [5.74, 6) is 0. The fraction of sp³-hybridized carbons (Fsp3) is 0.529. The van der Waals surface area contributed by atoms with Crippen LogP contribution in [0.3, 0.4) is 0 Å². The number of benzene rings is 1. The highest BCUT2D eigenvalue weighted by molar-refractivity contribution is 5.78. The quantitative estimate of drug-likeness (QED) is 0.464. The van der Waals surface area contributed by atoms with Crippen molar-refractivity contribution in [2.45, 2.75) is 20.3 Å². The van der Waals surface area contributed by atoms with Crippen LogP contribution in [0.4, 0.5) is 5.69 Å². The molecule has 0 fully saturated rings.